The summed E-state index contributed by atoms with van der Waals surface area (Å²) in [4.78, 5) is 19.4. The van der Waals surface area contributed by atoms with E-state index in [1.54, 1.807) is 12.1 Å². The Morgan fingerprint density at radius 3 is 2.88 bits per heavy atom. The Bertz CT molecular complexity index is 539. The normalized spacial score (nSPS) is 9.94. The van der Waals surface area contributed by atoms with Gasteiger partial charge in [0.25, 0.3) is 5.91 Å². The van der Waals surface area contributed by atoms with Gasteiger partial charge >= 0.3 is 0 Å². The van der Waals surface area contributed by atoms with Crippen LogP contribution in [0.2, 0.25) is 0 Å². The second-order valence-corrected chi connectivity index (χ2v) is 3.64. The van der Waals surface area contributed by atoms with Crippen LogP contribution in [-0.2, 0) is 0 Å². The molecule has 5 nitrogen and oxygen atoms in total. The molecule has 0 aliphatic carbocycles. The van der Waals surface area contributed by atoms with E-state index < -0.39 is 0 Å². The molecule has 0 saturated carbocycles. The van der Waals surface area contributed by atoms with Gasteiger partial charge in [0, 0.05) is 6.20 Å². The number of carbonyl (C=O) groups is 1. The highest BCUT2D eigenvalue weighted by Gasteiger charge is 2.08. The summed E-state index contributed by atoms with van der Waals surface area (Å²) in [6, 6.07) is 7.00. The Kier molecular flexibility index (Phi) is 3.00. The molecule has 3 N–H and O–H groups in total. The number of hydrogen-bond acceptors (Lipinski definition) is 4. The number of aromatic nitrogens is 2. The van der Waals surface area contributed by atoms with Crippen molar-refractivity contribution < 1.29 is 4.79 Å². The van der Waals surface area contributed by atoms with Gasteiger partial charge in [-0.1, -0.05) is 6.07 Å². The summed E-state index contributed by atoms with van der Waals surface area (Å²) in [6.07, 6.45) is 2.84. The van der Waals surface area contributed by atoms with E-state index in [9.17, 15) is 4.79 Å². The fraction of sp³-hybridized carbons (Fsp3) is 0.0833. The predicted octanol–water partition coefficient (Wildman–Crippen LogP) is 1.62. The second-order valence-electron chi connectivity index (χ2n) is 3.64. The first kappa shape index (κ1) is 11.1. The third-order valence-electron chi connectivity index (χ3n) is 2.27. The van der Waals surface area contributed by atoms with Crippen LogP contribution in [0.3, 0.4) is 0 Å². The lowest BCUT2D eigenvalue weighted by atomic mass is 10.2. The summed E-state index contributed by atoms with van der Waals surface area (Å²) in [7, 11) is 0. The standard InChI is InChI=1S/C12H12N4O/c1-8-2-3-9(13)11(6-8)16-12(17)10-4-5-14-7-15-10/h2-7H,13H2,1H3,(H,16,17). The molecule has 0 aliphatic heterocycles. The van der Waals surface area contributed by atoms with E-state index in [0.29, 0.717) is 17.1 Å². The van der Waals surface area contributed by atoms with Crippen molar-refractivity contribution in [2.24, 2.45) is 0 Å². The molecule has 5 heteroatoms. The minimum absolute atomic E-state index is 0.301. The van der Waals surface area contributed by atoms with E-state index in [0.717, 1.165) is 5.56 Å². The monoisotopic (exact) mass is 228 g/mol. The number of amides is 1. The Labute approximate surface area is 98.7 Å². The van der Waals surface area contributed by atoms with Gasteiger partial charge in [0.05, 0.1) is 11.4 Å². The van der Waals surface area contributed by atoms with Gasteiger partial charge in [0.2, 0.25) is 0 Å². The van der Waals surface area contributed by atoms with E-state index in [2.05, 4.69) is 15.3 Å². The molecule has 1 heterocycles. The van der Waals surface area contributed by atoms with Crippen LogP contribution in [0, 0.1) is 6.92 Å². The average Bonchev–Trinajstić information content (AvgIpc) is 2.35. The smallest absolute Gasteiger partial charge is 0.274 e. The van der Waals surface area contributed by atoms with Crippen molar-refractivity contribution in [3.05, 3.63) is 48.0 Å². The molecule has 0 aliphatic rings. The van der Waals surface area contributed by atoms with Crippen LogP contribution in [0.15, 0.2) is 36.8 Å². The molecule has 1 aromatic heterocycles. The zero-order valence-electron chi connectivity index (χ0n) is 9.34. The molecule has 2 rings (SSSR count). The van der Waals surface area contributed by atoms with E-state index in [1.165, 1.54) is 12.5 Å². The van der Waals surface area contributed by atoms with Crippen LogP contribution in [0.1, 0.15) is 16.1 Å². The summed E-state index contributed by atoms with van der Waals surface area (Å²) in [5.41, 5.74) is 8.22. The molecule has 86 valence electrons. The number of nitrogen functional groups attached to an aromatic ring is 1. The number of hydrogen-bond donors (Lipinski definition) is 2. The van der Waals surface area contributed by atoms with Crippen molar-refractivity contribution in [2.75, 3.05) is 11.1 Å². The Morgan fingerprint density at radius 2 is 2.18 bits per heavy atom. The summed E-state index contributed by atoms with van der Waals surface area (Å²) in [6.45, 7) is 1.93. The van der Waals surface area contributed by atoms with Crippen LogP contribution in [0.25, 0.3) is 0 Å². The summed E-state index contributed by atoms with van der Waals surface area (Å²) < 4.78 is 0. The third-order valence-corrected chi connectivity index (χ3v) is 2.27. The number of anilines is 2. The quantitative estimate of drug-likeness (QED) is 0.765. The first-order chi connectivity index (χ1) is 8.16. The van der Waals surface area contributed by atoms with Crippen molar-refractivity contribution in [3.8, 4) is 0 Å². The minimum atomic E-state index is -0.301. The number of carbonyl (C=O) groups excluding carboxylic acids is 1. The average molecular weight is 228 g/mol. The zero-order valence-corrected chi connectivity index (χ0v) is 9.34. The maximum Gasteiger partial charge on any atom is 0.274 e. The molecule has 0 saturated heterocycles. The Morgan fingerprint density at radius 1 is 1.35 bits per heavy atom. The first-order valence-corrected chi connectivity index (χ1v) is 5.10. The Hall–Kier alpha value is -2.43. The first-order valence-electron chi connectivity index (χ1n) is 5.10. The molecule has 2 aromatic rings. The number of nitrogens with zero attached hydrogens (tertiary/aromatic N) is 2. The highest BCUT2D eigenvalue weighted by Crippen LogP contribution is 2.19. The molecule has 0 unspecified atom stereocenters. The van der Waals surface area contributed by atoms with E-state index in [4.69, 9.17) is 5.73 Å². The molecule has 1 aromatic carbocycles. The minimum Gasteiger partial charge on any atom is -0.397 e. The van der Waals surface area contributed by atoms with Crippen LogP contribution < -0.4 is 11.1 Å². The van der Waals surface area contributed by atoms with Crippen molar-refractivity contribution in [1.82, 2.24) is 9.97 Å². The SMILES string of the molecule is Cc1ccc(N)c(NC(=O)c2ccncn2)c1. The summed E-state index contributed by atoms with van der Waals surface area (Å²) in [5.74, 6) is -0.301. The van der Waals surface area contributed by atoms with Crippen LogP contribution >= 0.6 is 0 Å². The van der Waals surface area contributed by atoms with Crippen molar-refractivity contribution in [2.45, 2.75) is 6.92 Å². The largest absolute Gasteiger partial charge is 0.397 e. The predicted molar refractivity (Wildman–Crippen MR) is 65.6 cm³/mol. The number of benzene rings is 1. The molecule has 0 spiro atoms. The molecule has 17 heavy (non-hydrogen) atoms. The molecule has 1 amide bonds. The zero-order chi connectivity index (χ0) is 12.3. The van der Waals surface area contributed by atoms with Gasteiger partial charge in [-0.3, -0.25) is 4.79 Å². The molecule has 0 atom stereocenters. The summed E-state index contributed by atoms with van der Waals surface area (Å²) in [5, 5.41) is 2.71. The van der Waals surface area contributed by atoms with Crippen molar-refractivity contribution in [3.63, 3.8) is 0 Å². The van der Waals surface area contributed by atoms with Crippen molar-refractivity contribution >= 4 is 17.3 Å². The van der Waals surface area contributed by atoms with Gasteiger partial charge in [-0.2, -0.15) is 0 Å². The number of nitrogens with one attached hydrogen (secondary N) is 1. The lowest BCUT2D eigenvalue weighted by Gasteiger charge is -2.08. The van der Waals surface area contributed by atoms with Gasteiger partial charge < -0.3 is 11.1 Å². The topological polar surface area (TPSA) is 80.9 Å². The van der Waals surface area contributed by atoms with E-state index >= 15 is 0 Å². The van der Waals surface area contributed by atoms with Gasteiger partial charge in [0.15, 0.2) is 0 Å². The van der Waals surface area contributed by atoms with E-state index in [1.807, 2.05) is 19.1 Å². The molecule has 0 bridgehead atoms. The van der Waals surface area contributed by atoms with Gasteiger partial charge in [-0.05, 0) is 30.7 Å². The number of aryl methyl sites for hydroxylation is 1. The maximum absolute atomic E-state index is 11.8. The van der Waals surface area contributed by atoms with Crippen LogP contribution in [0.4, 0.5) is 11.4 Å². The lowest BCUT2D eigenvalue weighted by Crippen LogP contribution is -2.14. The highest BCUT2D eigenvalue weighted by atomic mass is 16.1. The van der Waals surface area contributed by atoms with Gasteiger partial charge in [-0.15, -0.1) is 0 Å². The molecule has 0 radical (unpaired) electrons. The van der Waals surface area contributed by atoms with Crippen molar-refractivity contribution in [1.29, 1.82) is 0 Å². The number of nitrogens with two attached hydrogens (primary N) is 1. The Balaban J connectivity index is 2.22. The van der Waals surface area contributed by atoms with Gasteiger partial charge in [0.1, 0.15) is 12.0 Å². The van der Waals surface area contributed by atoms with Crippen LogP contribution in [0.5, 0.6) is 0 Å². The molecule has 0 fully saturated rings. The third kappa shape index (κ3) is 2.57. The highest BCUT2D eigenvalue weighted by molar-refractivity contribution is 6.04. The fourth-order valence-corrected chi connectivity index (χ4v) is 1.39. The molecular formula is C12H12N4O. The maximum atomic E-state index is 11.8. The van der Waals surface area contributed by atoms with E-state index in [-0.39, 0.29) is 5.91 Å². The second kappa shape index (κ2) is 4.61. The summed E-state index contributed by atoms with van der Waals surface area (Å²) >= 11 is 0. The molecular weight excluding hydrogens is 216 g/mol. The van der Waals surface area contributed by atoms with Gasteiger partial charge in [-0.25, -0.2) is 9.97 Å². The number of rotatable bonds is 2. The fourth-order valence-electron chi connectivity index (χ4n) is 1.39. The van der Waals surface area contributed by atoms with Crippen LogP contribution in [-0.4, -0.2) is 15.9 Å². The lowest BCUT2D eigenvalue weighted by molar-refractivity contribution is 0.102.